The summed E-state index contributed by atoms with van der Waals surface area (Å²) in [4.78, 5) is 11.2. The average molecular weight is 333 g/mol. The molecule has 0 spiro atoms. The fraction of sp³-hybridized carbons (Fsp3) is 0.864. The molecule has 6 atom stereocenters. The molecule has 0 amide bonds. The molecular weight excluding hydrogens is 296 g/mol. The number of rotatable bonds is 5. The monoisotopic (exact) mass is 332 g/mol. The predicted molar refractivity (Wildman–Crippen MR) is 98.7 cm³/mol. The van der Waals surface area contributed by atoms with Crippen LogP contribution in [0.25, 0.3) is 0 Å². The molecule has 0 aliphatic heterocycles. The van der Waals surface area contributed by atoms with E-state index < -0.39 is 5.60 Å². The lowest BCUT2D eigenvalue weighted by Gasteiger charge is -2.55. The average Bonchev–Trinajstić information content (AvgIpc) is 2.56. The molecule has 24 heavy (non-hydrogen) atoms. The highest BCUT2D eigenvalue weighted by Gasteiger charge is 2.51. The smallest absolute Gasteiger partial charge is 0.123 e. The van der Waals surface area contributed by atoms with E-state index in [1.54, 1.807) is 5.57 Å². The molecule has 3 aliphatic carbocycles. The topological polar surface area (TPSA) is 37.3 Å². The van der Waals surface area contributed by atoms with Crippen LogP contribution < -0.4 is 0 Å². The van der Waals surface area contributed by atoms with E-state index in [2.05, 4.69) is 19.9 Å². The van der Waals surface area contributed by atoms with Crippen LogP contribution in [-0.2, 0) is 4.79 Å². The van der Waals surface area contributed by atoms with Gasteiger partial charge < -0.3 is 9.90 Å². The normalized spacial score (nSPS) is 43.3. The van der Waals surface area contributed by atoms with Crippen LogP contribution in [0, 0.1) is 29.1 Å². The molecule has 0 unspecified atom stereocenters. The van der Waals surface area contributed by atoms with Crippen molar-refractivity contribution in [3.63, 3.8) is 0 Å². The zero-order valence-corrected chi connectivity index (χ0v) is 15.9. The van der Waals surface area contributed by atoms with Gasteiger partial charge in [-0.05, 0) is 81.5 Å². The van der Waals surface area contributed by atoms with E-state index in [-0.39, 0.29) is 5.92 Å². The van der Waals surface area contributed by atoms with Crippen molar-refractivity contribution in [3.05, 3.63) is 11.6 Å². The summed E-state index contributed by atoms with van der Waals surface area (Å²) in [5.41, 5.74) is 1.36. The van der Waals surface area contributed by atoms with E-state index in [1.807, 2.05) is 6.92 Å². The maximum atomic E-state index is 11.2. The summed E-state index contributed by atoms with van der Waals surface area (Å²) in [5, 5.41) is 10.5. The highest BCUT2D eigenvalue weighted by molar-refractivity contribution is 5.53. The van der Waals surface area contributed by atoms with E-state index in [4.69, 9.17) is 0 Å². The molecule has 1 N–H and O–H groups in total. The summed E-state index contributed by atoms with van der Waals surface area (Å²) < 4.78 is 0. The Kier molecular flexibility index (Phi) is 5.25. The van der Waals surface area contributed by atoms with Crippen molar-refractivity contribution in [2.24, 2.45) is 29.1 Å². The van der Waals surface area contributed by atoms with Crippen molar-refractivity contribution in [3.8, 4) is 0 Å². The molecule has 0 radical (unpaired) electrons. The minimum Gasteiger partial charge on any atom is -0.390 e. The maximum absolute atomic E-state index is 11.2. The highest BCUT2D eigenvalue weighted by atomic mass is 16.3. The van der Waals surface area contributed by atoms with Gasteiger partial charge in [-0.1, -0.05) is 38.3 Å². The van der Waals surface area contributed by atoms with Gasteiger partial charge in [0.1, 0.15) is 6.29 Å². The molecule has 3 aliphatic rings. The molecule has 0 bridgehead atoms. The van der Waals surface area contributed by atoms with Crippen molar-refractivity contribution in [2.45, 2.75) is 90.6 Å². The summed E-state index contributed by atoms with van der Waals surface area (Å²) in [6.45, 7) is 6.62. The largest absolute Gasteiger partial charge is 0.390 e. The van der Waals surface area contributed by atoms with Gasteiger partial charge in [-0.25, -0.2) is 0 Å². The van der Waals surface area contributed by atoms with Crippen molar-refractivity contribution in [1.29, 1.82) is 0 Å². The Bertz CT molecular complexity index is 492. The third-order valence-electron chi connectivity index (χ3n) is 7.78. The molecule has 0 aromatic carbocycles. The number of aliphatic hydroxyl groups is 1. The van der Waals surface area contributed by atoms with Crippen molar-refractivity contribution >= 4 is 6.29 Å². The van der Waals surface area contributed by atoms with Gasteiger partial charge >= 0.3 is 0 Å². The minimum atomic E-state index is -0.495. The molecule has 3 rings (SSSR count). The number of carbonyl (C=O) groups is 1. The van der Waals surface area contributed by atoms with Crippen LogP contribution in [0.2, 0.25) is 0 Å². The van der Waals surface area contributed by atoms with Gasteiger partial charge in [0.25, 0.3) is 0 Å². The van der Waals surface area contributed by atoms with Crippen LogP contribution in [0.5, 0.6) is 0 Å². The van der Waals surface area contributed by atoms with Gasteiger partial charge in [0, 0.05) is 5.92 Å². The SMILES string of the molecule is CC[C@@H](C=O)CC[C@@H]1CCC[C@H]2[C@H]1CC=C1C[C@@](C)(O)CC[C@@]12C. The van der Waals surface area contributed by atoms with Crippen LogP contribution in [-0.4, -0.2) is 17.0 Å². The highest BCUT2D eigenvalue weighted by Crippen LogP contribution is 2.59. The lowest BCUT2D eigenvalue weighted by Crippen LogP contribution is -2.48. The van der Waals surface area contributed by atoms with E-state index >= 15 is 0 Å². The number of allylic oxidation sites excluding steroid dienone is 1. The Morgan fingerprint density at radius 2 is 2.12 bits per heavy atom. The summed E-state index contributed by atoms with van der Waals surface area (Å²) in [6.07, 6.45) is 15.2. The fourth-order valence-corrected chi connectivity index (χ4v) is 6.06. The number of aldehydes is 1. The van der Waals surface area contributed by atoms with Crippen LogP contribution in [0.3, 0.4) is 0 Å². The van der Waals surface area contributed by atoms with E-state index in [9.17, 15) is 9.90 Å². The second kappa shape index (κ2) is 6.94. The van der Waals surface area contributed by atoms with Crippen LogP contribution in [0.4, 0.5) is 0 Å². The number of hydrogen-bond donors (Lipinski definition) is 1. The molecule has 0 aromatic rings. The second-order valence-corrected chi connectivity index (χ2v) is 9.40. The van der Waals surface area contributed by atoms with Crippen LogP contribution in [0.15, 0.2) is 11.6 Å². The quantitative estimate of drug-likeness (QED) is 0.548. The second-order valence-electron chi connectivity index (χ2n) is 9.40. The van der Waals surface area contributed by atoms with Gasteiger partial charge in [0.05, 0.1) is 5.60 Å². The molecule has 0 saturated heterocycles. The Balaban J connectivity index is 1.74. The Hall–Kier alpha value is -0.630. The summed E-state index contributed by atoms with van der Waals surface area (Å²) in [6, 6.07) is 0. The number of fused-ring (bicyclic) bond motifs is 3. The lowest BCUT2D eigenvalue weighted by atomic mass is 9.50. The standard InChI is InChI=1S/C22H36O2/c1-4-16(15-23)8-9-17-6-5-7-20-19(17)11-10-18-14-21(2,24)12-13-22(18,20)3/h10,15-17,19-20,24H,4-9,11-14H2,1-3H3/t16-,17+,19+,20+,21+,22+/m1/s1. The summed E-state index contributed by atoms with van der Waals surface area (Å²) in [5.74, 6) is 2.67. The third-order valence-corrected chi connectivity index (χ3v) is 7.78. The molecule has 2 saturated carbocycles. The van der Waals surface area contributed by atoms with E-state index in [0.29, 0.717) is 5.41 Å². The van der Waals surface area contributed by atoms with Gasteiger partial charge in [-0.15, -0.1) is 0 Å². The van der Waals surface area contributed by atoms with Gasteiger partial charge in [0.15, 0.2) is 0 Å². The zero-order valence-electron chi connectivity index (χ0n) is 15.9. The first-order chi connectivity index (χ1) is 11.4. The number of hydrogen-bond acceptors (Lipinski definition) is 2. The van der Waals surface area contributed by atoms with Crippen LogP contribution >= 0.6 is 0 Å². The van der Waals surface area contributed by atoms with Crippen molar-refractivity contribution in [2.75, 3.05) is 0 Å². The van der Waals surface area contributed by atoms with Crippen LogP contribution in [0.1, 0.15) is 85.0 Å². The van der Waals surface area contributed by atoms with Gasteiger partial charge in [-0.3, -0.25) is 0 Å². The van der Waals surface area contributed by atoms with Crippen molar-refractivity contribution < 1.29 is 9.90 Å². The summed E-state index contributed by atoms with van der Waals surface area (Å²) >= 11 is 0. The molecule has 2 fully saturated rings. The Labute approximate surface area is 148 Å². The first kappa shape index (κ1) is 18.2. The Morgan fingerprint density at radius 3 is 2.83 bits per heavy atom. The fourth-order valence-electron chi connectivity index (χ4n) is 6.06. The predicted octanol–water partition coefficient (Wildman–Crippen LogP) is 5.30. The molecule has 2 nitrogen and oxygen atoms in total. The maximum Gasteiger partial charge on any atom is 0.123 e. The van der Waals surface area contributed by atoms with Gasteiger partial charge in [-0.2, -0.15) is 0 Å². The van der Waals surface area contributed by atoms with E-state index in [1.165, 1.54) is 38.4 Å². The molecule has 0 aromatic heterocycles. The molecule has 0 heterocycles. The molecule has 136 valence electrons. The number of carbonyl (C=O) groups excluding carboxylic acids is 1. The van der Waals surface area contributed by atoms with Gasteiger partial charge in [0.2, 0.25) is 0 Å². The Morgan fingerprint density at radius 1 is 1.33 bits per heavy atom. The van der Waals surface area contributed by atoms with Crippen molar-refractivity contribution in [1.82, 2.24) is 0 Å². The molecular formula is C22H36O2. The van der Waals surface area contributed by atoms with E-state index in [0.717, 1.165) is 49.9 Å². The first-order valence-corrected chi connectivity index (χ1v) is 10.3. The minimum absolute atomic E-state index is 0.264. The first-order valence-electron chi connectivity index (χ1n) is 10.3. The third kappa shape index (κ3) is 3.36. The lowest BCUT2D eigenvalue weighted by molar-refractivity contribution is -0.111. The zero-order chi connectivity index (χ0) is 17.4. The summed E-state index contributed by atoms with van der Waals surface area (Å²) in [7, 11) is 0. The molecule has 2 heteroatoms.